The van der Waals surface area contributed by atoms with Crippen LogP contribution in [-0.2, 0) is 19.1 Å². The minimum Gasteiger partial charge on any atom is -0.456 e. The fourth-order valence-corrected chi connectivity index (χ4v) is 3.65. The minimum absolute atomic E-state index is 0.0551. The highest BCUT2D eigenvalue weighted by Gasteiger charge is 2.13. The van der Waals surface area contributed by atoms with Crippen LogP contribution in [0, 0.1) is 20.8 Å². The van der Waals surface area contributed by atoms with Crippen molar-refractivity contribution in [2.45, 2.75) is 40.0 Å². The van der Waals surface area contributed by atoms with Crippen LogP contribution in [-0.4, -0.2) is 36.7 Å². The predicted octanol–water partition coefficient (Wildman–Crippen LogP) is 3.32. The lowest BCUT2D eigenvalue weighted by molar-refractivity contribution is -0.147. The normalized spacial score (nSPS) is 10.4. The van der Waals surface area contributed by atoms with Crippen LogP contribution in [0.5, 0.6) is 0 Å². The van der Waals surface area contributed by atoms with Crippen molar-refractivity contribution in [3.05, 3.63) is 51.2 Å². The van der Waals surface area contributed by atoms with Crippen molar-refractivity contribution in [1.82, 2.24) is 5.32 Å². The van der Waals surface area contributed by atoms with Gasteiger partial charge in [-0.2, -0.15) is 0 Å². The number of anilines is 1. The van der Waals surface area contributed by atoms with Crippen LogP contribution in [0.15, 0.2) is 29.6 Å². The predicted molar refractivity (Wildman–Crippen MR) is 116 cm³/mol. The van der Waals surface area contributed by atoms with Crippen LogP contribution in [0.2, 0.25) is 0 Å². The number of carbonyl (C=O) groups is 4. The first-order valence-corrected chi connectivity index (χ1v) is 10.5. The number of hydrogen-bond acceptors (Lipinski definition) is 6. The largest absolute Gasteiger partial charge is 0.456 e. The fourth-order valence-electron chi connectivity index (χ4n) is 2.95. The number of rotatable bonds is 10. The Kier molecular flexibility index (Phi) is 8.73. The second-order valence-electron chi connectivity index (χ2n) is 6.98. The second-order valence-corrected chi connectivity index (χ2v) is 7.93. The van der Waals surface area contributed by atoms with E-state index in [0.29, 0.717) is 10.6 Å². The van der Waals surface area contributed by atoms with Crippen LogP contribution in [0.1, 0.15) is 45.6 Å². The summed E-state index contributed by atoms with van der Waals surface area (Å²) in [4.78, 5) is 48.1. The third-order valence-corrected chi connectivity index (χ3v) is 5.24. The molecule has 2 aromatic rings. The number of carbonyl (C=O) groups excluding carboxylic acids is 4. The van der Waals surface area contributed by atoms with E-state index < -0.39 is 18.5 Å². The third kappa shape index (κ3) is 7.44. The number of ether oxygens (including phenoxy) is 1. The zero-order valence-corrected chi connectivity index (χ0v) is 18.2. The second kappa shape index (κ2) is 11.3. The molecular weight excluding hydrogens is 404 g/mol. The molecule has 7 nitrogen and oxygen atoms in total. The molecule has 2 rings (SSSR count). The Morgan fingerprint density at radius 2 is 1.67 bits per heavy atom. The topological polar surface area (TPSA) is 102 Å². The maximum Gasteiger partial charge on any atom is 0.308 e. The van der Waals surface area contributed by atoms with Gasteiger partial charge in [0.1, 0.15) is 0 Å². The van der Waals surface area contributed by atoms with Crippen molar-refractivity contribution in [3.63, 3.8) is 0 Å². The summed E-state index contributed by atoms with van der Waals surface area (Å²) in [5, 5.41) is 7.14. The maximum absolute atomic E-state index is 12.0. The molecule has 0 fully saturated rings. The van der Waals surface area contributed by atoms with Gasteiger partial charge in [0.15, 0.2) is 12.4 Å². The van der Waals surface area contributed by atoms with Crippen LogP contribution in [0.4, 0.5) is 5.69 Å². The van der Waals surface area contributed by atoms with E-state index in [-0.39, 0.29) is 37.5 Å². The SMILES string of the molecule is Cc1cc(C)c(NC(=O)COC(=O)CCNC(=O)CCC(=O)c2cccs2)c(C)c1. The molecule has 0 aliphatic rings. The summed E-state index contributed by atoms with van der Waals surface area (Å²) in [5.41, 5.74) is 3.69. The molecule has 2 N–H and O–H groups in total. The molecule has 1 aromatic heterocycles. The Balaban J connectivity index is 1.63. The van der Waals surface area contributed by atoms with Gasteiger partial charge in [-0.05, 0) is 43.3 Å². The van der Waals surface area contributed by atoms with Crippen molar-refractivity contribution in [2.24, 2.45) is 0 Å². The Bertz CT molecular complexity index is 899. The van der Waals surface area contributed by atoms with Crippen molar-refractivity contribution >= 4 is 40.6 Å². The lowest BCUT2D eigenvalue weighted by Gasteiger charge is -2.13. The smallest absolute Gasteiger partial charge is 0.308 e. The van der Waals surface area contributed by atoms with Gasteiger partial charge in [-0.15, -0.1) is 11.3 Å². The maximum atomic E-state index is 12.0. The number of Topliss-reactive ketones (excluding diaryl/α,β-unsaturated/α-hetero) is 1. The number of esters is 1. The number of benzene rings is 1. The first kappa shape index (κ1) is 23.3. The number of aryl methyl sites for hydroxylation is 3. The first-order valence-electron chi connectivity index (χ1n) is 9.63. The molecular formula is C22H26N2O5S. The molecule has 0 radical (unpaired) electrons. The number of thiophene rings is 1. The van der Waals surface area contributed by atoms with Crippen LogP contribution >= 0.6 is 11.3 Å². The van der Waals surface area contributed by atoms with Gasteiger partial charge in [-0.1, -0.05) is 23.8 Å². The molecule has 0 spiro atoms. The summed E-state index contributed by atoms with van der Waals surface area (Å²) >= 11 is 1.34. The molecule has 0 aliphatic carbocycles. The highest BCUT2D eigenvalue weighted by Crippen LogP contribution is 2.21. The van der Waals surface area contributed by atoms with E-state index in [2.05, 4.69) is 10.6 Å². The lowest BCUT2D eigenvalue weighted by Crippen LogP contribution is -2.28. The van der Waals surface area contributed by atoms with Crippen LogP contribution in [0.25, 0.3) is 0 Å². The van der Waals surface area contributed by atoms with Gasteiger partial charge in [-0.25, -0.2) is 0 Å². The number of nitrogens with one attached hydrogen (secondary N) is 2. The van der Waals surface area contributed by atoms with E-state index >= 15 is 0 Å². The lowest BCUT2D eigenvalue weighted by atomic mass is 10.1. The Labute approximate surface area is 179 Å². The zero-order valence-electron chi connectivity index (χ0n) is 17.4. The fraction of sp³-hybridized carbons (Fsp3) is 0.364. The van der Waals surface area contributed by atoms with E-state index in [1.165, 1.54) is 11.3 Å². The molecule has 0 bridgehead atoms. The van der Waals surface area contributed by atoms with Crippen molar-refractivity contribution in [3.8, 4) is 0 Å². The first-order chi connectivity index (χ1) is 14.3. The summed E-state index contributed by atoms with van der Waals surface area (Å²) in [6, 6.07) is 7.43. The summed E-state index contributed by atoms with van der Waals surface area (Å²) in [7, 11) is 0. The number of amides is 2. The molecule has 0 saturated heterocycles. The van der Waals surface area contributed by atoms with Crippen molar-refractivity contribution in [2.75, 3.05) is 18.5 Å². The monoisotopic (exact) mass is 430 g/mol. The van der Waals surface area contributed by atoms with Crippen LogP contribution in [0.3, 0.4) is 0 Å². The van der Waals surface area contributed by atoms with Crippen molar-refractivity contribution < 1.29 is 23.9 Å². The van der Waals surface area contributed by atoms with Gasteiger partial charge in [0.25, 0.3) is 5.91 Å². The summed E-state index contributed by atoms with van der Waals surface area (Å²) < 4.78 is 4.95. The molecule has 1 heterocycles. The quantitative estimate of drug-likeness (QED) is 0.445. The van der Waals surface area contributed by atoms with Gasteiger partial charge < -0.3 is 15.4 Å². The summed E-state index contributed by atoms with van der Waals surface area (Å²) in [6.07, 6.45) is 0.124. The standard InChI is InChI=1S/C22H26N2O5S/c1-14-11-15(2)22(16(3)12-14)24-20(27)13-29-21(28)8-9-23-19(26)7-6-17(25)18-5-4-10-30-18/h4-5,10-12H,6-9,13H2,1-3H3,(H,23,26)(H,24,27). The molecule has 30 heavy (non-hydrogen) atoms. The highest BCUT2D eigenvalue weighted by molar-refractivity contribution is 7.12. The molecule has 160 valence electrons. The van der Waals surface area contributed by atoms with Gasteiger partial charge in [0.2, 0.25) is 5.91 Å². The minimum atomic E-state index is -0.586. The number of ketones is 1. The third-order valence-electron chi connectivity index (χ3n) is 4.33. The molecule has 0 aliphatic heterocycles. The van der Waals surface area contributed by atoms with E-state index in [0.717, 1.165) is 16.7 Å². The molecule has 1 aromatic carbocycles. The molecule has 0 unspecified atom stereocenters. The highest BCUT2D eigenvalue weighted by atomic mass is 32.1. The van der Waals surface area contributed by atoms with Gasteiger partial charge in [0.05, 0.1) is 11.3 Å². The van der Waals surface area contributed by atoms with E-state index in [4.69, 9.17) is 4.74 Å². The summed E-state index contributed by atoms with van der Waals surface area (Å²) in [5.74, 6) is -1.40. The van der Waals surface area contributed by atoms with Gasteiger partial charge in [0, 0.05) is 25.1 Å². The Morgan fingerprint density at radius 1 is 0.967 bits per heavy atom. The molecule has 0 atom stereocenters. The average molecular weight is 431 g/mol. The Morgan fingerprint density at radius 3 is 2.30 bits per heavy atom. The molecule has 8 heteroatoms. The van der Waals surface area contributed by atoms with E-state index in [1.54, 1.807) is 12.1 Å². The zero-order chi connectivity index (χ0) is 22.1. The van der Waals surface area contributed by atoms with Gasteiger partial charge >= 0.3 is 5.97 Å². The number of hydrogen-bond donors (Lipinski definition) is 2. The van der Waals surface area contributed by atoms with E-state index in [1.807, 2.05) is 38.3 Å². The average Bonchev–Trinajstić information content (AvgIpc) is 3.22. The molecule has 0 saturated carbocycles. The van der Waals surface area contributed by atoms with Crippen molar-refractivity contribution in [1.29, 1.82) is 0 Å². The molecule has 2 amide bonds. The Hall–Kier alpha value is -3.00. The van der Waals surface area contributed by atoms with Crippen LogP contribution < -0.4 is 10.6 Å². The summed E-state index contributed by atoms with van der Waals surface area (Å²) in [6.45, 7) is 5.47. The van der Waals surface area contributed by atoms with Gasteiger partial charge in [-0.3, -0.25) is 19.2 Å². The van der Waals surface area contributed by atoms with E-state index in [9.17, 15) is 19.2 Å².